The number of hydrogen-bond donors (Lipinski definition) is 2. The molecule has 0 amide bonds. The second-order valence-corrected chi connectivity index (χ2v) is 9.46. The van der Waals surface area contributed by atoms with Crippen molar-refractivity contribution in [3.8, 4) is 0 Å². The lowest BCUT2D eigenvalue weighted by Crippen LogP contribution is -2.31. The molecule has 2 N–H and O–H groups in total. The fourth-order valence-electron chi connectivity index (χ4n) is 2.49. The van der Waals surface area contributed by atoms with Gasteiger partial charge in [0.1, 0.15) is 10.8 Å². The Morgan fingerprint density at radius 2 is 1.64 bits per heavy atom. The largest absolute Gasteiger partial charge is 0.330 e. The zero-order chi connectivity index (χ0) is 20.3. The number of halogens is 1. The second-order valence-electron chi connectivity index (χ2n) is 6.73. The molecule has 1 atom stereocenters. The predicted octanol–water partition coefficient (Wildman–Crippen LogP) is 4.40. The van der Waals surface area contributed by atoms with E-state index in [2.05, 4.69) is 20.2 Å². The first-order chi connectivity index (χ1) is 13.2. The van der Waals surface area contributed by atoms with E-state index in [9.17, 15) is 12.8 Å². The molecule has 0 radical (unpaired) electrons. The maximum Gasteiger partial charge on any atom is 0.241 e. The fraction of sp³-hybridized carbons (Fsp3) is 0.263. The highest BCUT2D eigenvalue weighted by molar-refractivity contribution is 7.89. The summed E-state index contributed by atoms with van der Waals surface area (Å²) in [7, 11) is -3.70. The summed E-state index contributed by atoms with van der Waals surface area (Å²) in [6, 6.07) is 12.0. The highest BCUT2D eigenvalue weighted by atomic mass is 32.2. The molecule has 1 heterocycles. The van der Waals surface area contributed by atoms with Gasteiger partial charge in [-0.1, -0.05) is 42.9 Å². The van der Waals surface area contributed by atoms with Gasteiger partial charge in [-0.05, 0) is 49.2 Å². The summed E-state index contributed by atoms with van der Waals surface area (Å²) >= 11 is 1.25. The average Bonchev–Trinajstić information content (AvgIpc) is 3.10. The number of rotatable bonds is 7. The summed E-state index contributed by atoms with van der Waals surface area (Å²) in [6.07, 6.45) is 0. The summed E-state index contributed by atoms with van der Waals surface area (Å²) in [4.78, 5) is 0.206. The number of aromatic nitrogens is 2. The van der Waals surface area contributed by atoms with Crippen LogP contribution < -0.4 is 10.0 Å². The molecule has 1 unspecified atom stereocenters. The van der Waals surface area contributed by atoms with Crippen LogP contribution in [0.25, 0.3) is 0 Å². The molecule has 0 fully saturated rings. The third kappa shape index (κ3) is 4.92. The van der Waals surface area contributed by atoms with Gasteiger partial charge in [0.05, 0.1) is 10.9 Å². The van der Waals surface area contributed by atoms with E-state index in [-0.39, 0.29) is 16.6 Å². The quantitative estimate of drug-likeness (QED) is 0.592. The molecule has 1 aromatic heterocycles. The van der Waals surface area contributed by atoms with Gasteiger partial charge in [0.25, 0.3) is 0 Å². The number of anilines is 2. The lowest BCUT2D eigenvalue weighted by Gasteiger charge is -2.19. The molecule has 2 aromatic carbocycles. The van der Waals surface area contributed by atoms with Gasteiger partial charge in [-0.15, -0.1) is 10.2 Å². The third-order valence-electron chi connectivity index (χ3n) is 4.08. The Kier molecular flexibility index (Phi) is 6.07. The topological polar surface area (TPSA) is 84.0 Å². The standard InChI is InChI=1S/C19H21FN4O2S2/c1-12(2)17(24-28(25,26)16-10-4-13(3)5-11-16)18-22-23-19(27-18)21-15-8-6-14(20)7-9-15/h4-12,17,24H,1-3H3,(H,21,23). The summed E-state index contributed by atoms with van der Waals surface area (Å²) in [6.45, 7) is 5.73. The second kappa shape index (κ2) is 8.34. The van der Waals surface area contributed by atoms with Gasteiger partial charge in [-0.3, -0.25) is 0 Å². The van der Waals surface area contributed by atoms with Crippen LogP contribution in [-0.4, -0.2) is 18.6 Å². The lowest BCUT2D eigenvalue weighted by atomic mass is 10.1. The molecule has 148 valence electrons. The van der Waals surface area contributed by atoms with Crippen molar-refractivity contribution in [2.45, 2.75) is 31.7 Å². The van der Waals surface area contributed by atoms with Crippen LogP contribution in [0.15, 0.2) is 53.4 Å². The SMILES string of the molecule is Cc1ccc(S(=O)(=O)NC(c2nnc(Nc3ccc(F)cc3)s2)C(C)C)cc1. The molecule has 3 aromatic rings. The number of sulfonamides is 1. The maximum atomic E-state index is 13.0. The summed E-state index contributed by atoms with van der Waals surface area (Å²) in [5.74, 6) is -0.360. The van der Waals surface area contributed by atoms with Crippen LogP contribution in [0, 0.1) is 18.7 Å². The molecule has 0 aliphatic carbocycles. The highest BCUT2D eigenvalue weighted by Crippen LogP contribution is 2.30. The molecular weight excluding hydrogens is 399 g/mol. The maximum absolute atomic E-state index is 13.0. The highest BCUT2D eigenvalue weighted by Gasteiger charge is 2.27. The molecular formula is C19H21FN4O2S2. The van der Waals surface area contributed by atoms with Gasteiger partial charge >= 0.3 is 0 Å². The molecule has 6 nitrogen and oxygen atoms in total. The summed E-state index contributed by atoms with van der Waals surface area (Å²) in [5, 5.41) is 12.3. The molecule has 0 aliphatic heterocycles. The fourth-order valence-corrected chi connectivity index (χ4v) is 4.90. The Morgan fingerprint density at radius 1 is 1.00 bits per heavy atom. The smallest absolute Gasteiger partial charge is 0.241 e. The Hall–Kier alpha value is -2.36. The van der Waals surface area contributed by atoms with E-state index in [1.165, 1.54) is 23.5 Å². The first-order valence-corrected chi connectivity index (χ1v) is 11.0. The van der Waals surface area contributed by atoms with Crippen molar-refractivity contribution >= 4 is 32.2 Å². The third-order valence-corrected chi connectivity index (χ3v) is 6.46. The van der Waals surface area contributed by atoms with Crippen LogP contribution in [0.2, 0.25) is 0 Å². The van der Waals surface area contributed by atoms with Crippen LogP contribution in [0.4, 0.5) is 15.2 Å². The monoisotopic (exact) mass is 420 g/mol. The van der Waals surface area contributed by atoms with E-state index in [1.807, 2.05) is 20.8 Å². The summed E-state index contributed by atoms with van der Waals surface area (Å²) < 4.78 is 41.3. The zero-order valence-corrected chi connectivity index (χ0v) is 17.3. The first-order valence-electron chi connectivity index (χ1n) is 8.69. The Balaban J connectivity index is 1.80. The van der Waals surface area contributed by atoms with E-state index in [0.29, 0.717) is 15.8 Å². The van der Waals surface area contributed by atoms with Gasteiger partial charge in [-0.25, -0.2) is 17.5 Å². The normalized spacial score (nSPS) is 12.9. The molecule has 28 heavy (non-hydrogen) atoms. The van der Waals surface area contributed by atoms with Crippen LogP contribution in [-0.2, 0) is 10.0 Å². The zero-order valence-electron chi connectivity index (χ0n) is 15.7. The van der Waals surface area contributed by atoms with Crippen LogP contribution in [0.3, 0.4) is 0 Å². The van der Waals surface area contributed by atoms with Crippen molar-refractivity contribution in [3.63, 3.8) is 0 Å². The molecule has 0 bridgehead atoms. The minimum atomic E-state index is -3.70. The van der Waals surface area contributed by atoms with Crippen LogP contribution in [0.1, 0.15) is 30.5 Å². The average molecular weight is 421 g/mol. The van der Waals surface area contributed by atoms with Crippen molar-refractivity contribution in [2.24, 2.45) is 5.92 Å². The number of nitrogens with one attached hydrogen (secondary N) is 2. The summed E-state index contributed by atoms with van der Waals surface area (Å²) in [5.41, 5.74) is 1.66. The lowest BCUT2D eigenvalue weighted by molar-refractivity contribution is 0.459. The Bertz CT molecular complexity index is 1030. The molecule has 0 saturated heterocycles. The van der Waals surface area contributed by atoms with Gasteiger partial charge in [0.15, 0.2) is 0 Å². The predicted molar refractivity (Wildman–Crippen MR) is 109 cm³/mol. The van der Waals surface area contributed by atoms with Gasteiger partial charge in [-0.2, -0.15) is 0 Å². The first kappa shape index (κ1) is 20.4. The minimum absolute atomic E-state index is 0.0353. The van der Waals surface area contributed by atoms with Gasteiger partial charge in [0, 0.05) is 5.69 Å². The molecule has 0 aliphatic rings. The number of hydrogen-bond acceptors (Lipinski definition) is 6. The van der Waals surface area contributed by atoms with E-state index < -0.39 is 16.1 Å². The number of nitrogens with zero attached hydrogens (tertiary/aromatic N) is 2. The van der Waals surface area contributed by atoms with Crippen molar-refractivity contribution < 1.29 is 12.8 Å². The number of benzene rings is 2. The Labute approximate surface area is 167 Å². The van der Waals surface area contributed by atoms with Gasteiger partial charge < -0.3 is 5.32 Å². The van der Waals surface area contributed by atoms with E-state index in [1.54, 1.807) is 36.4 Å². The number of aryl methyl sites for hydroxylation is 1. The minimum Gasteiger partial charge on any atom is -0.330 e. The Morgan fingerprint density at radius 3 is 2.25 bits per heavy atom. The van der Waals surface area contributed by atoms with E-state index >= 15 is 0 Å². The van der Waals surface area contributed by atoms with Crippen molar-refractivity contribution in [1.29, 1.82) is 0 Å². The molecule has 3 rings (SSSR count). The van der Waals surface area contributed by atoms with Crippen molar-refractivity contribution in [3.05, 3.63) is 64.9 Å². The van der Waals surface area contributed by atoms with Crippen LogP contribution in [0.5, 0.6) is 0 Å². The van der Waals surface area contributed by atoms with Gasteiger partial charge in [0.2, 0.25) is 15.2 Å². The van der Waals surface area contributed by atoms with E-state index in [0.717, 1.165) is 5.56 Å². The van der Waals surface area contributed by atoms with Crippen LogP contribution >= 0.6 is 11.3 Å². The molecule has 0 saturated carbocycles. The van der Waals surface area contributed by atoms with E-state index in [4.69, 9.17) is 0 Å². The molecule has 0 spiro atoms. The van der Waals surface area contributed by atoms with Crippen molar-refractivity contribution in [1.82, 2.24) is 14.9 Å². The van der Waals surface area contributed by atoms with Crippen molar-refractivity contribution in [2.75, 3.05) is 5.32 Å². The molecule has 9 heteroatoms.